The van der Waals surface area contributed by atoms with Crippen molar-refractivity contribution < 1.29 is 24.3 Å². The normalized spacial score (nSPS) is 64.2. The van der Waals surface area contributed by atoms with Crippen molar-refractivity contribution in [3.63, 3.8) is 0 Å². The quantitative estimate of drug-likeness (QED) is 0.385. The van der Waals surface area contributed by atoms with Crippen LogP contribution in [0, 0.1) is 0 Å². The molecule has 2 aliphatic heterocycles. The van der Waals surface area contributed by atoms with E-state index in [1.54, 1.807) is 0 Å². The van der Waals surface area contributed by atoms with Crippen LogP contribution in [0.15, 0.2) is 0 Å². The van der Waals surface area contributed by atoms with E-state index in [2.05, 4.69) is 0 Å². The Balaban J connectivity index is 2.24. The molecular formula is C6H10O5S. The van der Waals surface area contributed by atoms with Gasteiger partial charge in [-0.25, -0.2) is 0 Å². The monoisotopic (exact) mass is 194 g/mol. The van der Waals surface area contributed by atoms with Crippen molar-refractivity contribution in [2.24, 2.45) is 0 Å². The Bertz CT molecular complexity index is 244. The summed E-state index contributed by atoms with van der Waals surface area (Å²) in [6.07, 6.45) is -2.91. The number of ether oxygens (including phenoxy) is 1. The van der Waals surface area contributed by atoms with Crippen LogP contribution in [0.2, 0.25) is 0 Å². The summed E-state index contributed by atoms with van der Waals surface area (Å²) >= 11 is 0. The first-order chi connectivity index (χ1) is 5.48. The minimum atomic E-state index is -1.71. The van der Waals surface area contributed by atoms with Crippen molar-refractivity contribution in [1.29, 1.82) is 0 Å². The first-order valence-corrected chi connectivity index (χ1v) is 4.87. The van der Waals surface area contributed by atoms with E-state index in [-0.39, 0.29) is 0 Å². The summed E-state index contributed by atoms with van der Waals surface area (Å²) in [5.74, 6) is 0. The van der Waals surface area contributed by atoms with E-state index < -0.39 is 39.5 Å². The summed E-state index contributed by atoms with van der Waals surface area (Å²) in [6, 6.07) is 0. The smallest absolute Gasteiger partial charge is 0.263 e. The summed E-state index contributed by atoms with van der Waals surface area (Å²) in [6.45, 7) is 1.51. The zero-order valence-corrected chi connectivity index (χ0v) is 7.19. The molecule has 0 aromatic rings. The molecule has 2 saturated heterocycles. The van der Waals surface area contributed by atoms with Gasteiger partial charge < -0.3 is 20.1 Å². The summed E-state index contributed by atoms with van der Waals surface area (Å²) in [4.78, 5) is 0. The zero-order chi connectivity index (χ0) is 9.09. The highest BCUT2D eigenvalue weighted by Gasteiger charge is 2.73. The van der Waals surface area contributed by atoms with E-state index in [0.29, 0.717) is 0 Å². The van der Waals surface area contributed by atoms with Gasteiger partial charge >= 0.3 is 0 Å². The van der Waals surface area contributed by atoms with Crippen molar-refractivity contribution in [2.75, 3.05) is 0 Å². The fraction of sp³-hybridized carbons (Fsp3) is 1.00. The molecule has 0 spiro atoms. The van der Waals surface area contributed by atoms with Crippen LogP contribution in [0.4, 0.5) is 0 Å². The molecular weight excluding hydrogens is 184 g/mol. The summed E-state index contributed by atoms with van der Waals surface area (Å²) < 4.78 is 15.9. The van der Waals surface area contributed by atoms with Gasteiger partial charge in [0.05, 0.1) is 16.9 Å². The van der Waals surface area contributed by atoms with E-state index in [0.717, 1.165) is 0 Å². The molecule has 0 saturated carbocycles. The Morgan fingerprint density at radius 1 is 1.42 bits per heavy atom. The second kappa shape index (κ2) is 2.27. The number of hydrogen-bond acceptors (Lipinski definition) is 5. The van der Waals surface area contributed by atoms with E-state index in [9.17, 15) is 19.5 Å². The average Bonchev–Trinajstić information content (AvgIpc) is 2.50. The second-order valence-corrected chi connectivity index (χ2v) is 4.84. The second-order valence-electron chi connectivity index (χ2n) is 3.15. The van der Waals surface area contributed by atoms with Gasteiger partial charge in [0.1, 0.15) is 17.5 Å². The molecule has 12 heavy (non-hydrogen) atoms. The highest BCUT2D eigenvalue weighted by Crippen LogP contribution is 2.47. The third-order valence-corrected chi connectivity index (χ3v) is 4.05. The molecule has 2 rings (SSSR count). The minimum absolute atomic E-state index is 0.687. The summed E-state index contributed by atoms with van der Waals surface area (Å²) in [5.41, 5.74) is 0. The Hall–Kier alpha value is -0.0100. The van der Waals surface area contributed by atoms with Crippen molar-refractivity contribution >= 4 is 10.8 Å². The van der Waals surface area contributed by atoms with Gasteiger partial charge in [0.15, 0.2) is 0 Å². The van der Waals surface area contributed by atoms with E-state index in [1.165, 1.54) is 6.92 Å². The minimum Gasteiger partial charge on any atom is -0.389 e. The van der Waals surface area contributed by atoms with Gasteiger partial charge in [0, 0.05) is 0 Å². The van der Waals surface area contributed by atoms with Gasteiger partial charge in [-0.1, -0.05) is 0 Å². The lowest BCUT2D eigenvalue weighted by atomic mass is 10.0. The van der Waals surface area contributed by atoms with Gasteiger partial charge in [-0.15, -0.1) is 0 Å². The van der Waals surface area contributed by atoms with E-state index in [1.807, 2.05) is 0 Å². The maximum absolute atomic E-state index is 11.0. The maximum Gasteiger partial charge on any atom is 0.263 e. The third-order valence-electron chi connectivity index (χ3n) is 2.32. The number of aliphatic hydroxyl groups is 3. The maximum atomic E-state index is 11.0. The van der Waals surface area contributed by atoms with Crippen LogP contribution in [0.25, 0.3) is 0 Å². The predicted octanol–water partition coefficient (Wildman–Crippen LogP) is -2.10. The molecule has 70 valence electrons. The average molecular weight is 194 g/mol. The molecule has 6 atom stereocenters. The largest absolute Gasteiger partial charge is 0.389 e. The molecule has 0 radical (unpaired) electrons. The van der Waals surface area contributed by atoms with Crippen LogP contribution in [0.3, 0.4) is 0 Å². The Kier molecular flexibility index (Phi) is 1.62. The van der Waals surface area contributed by atoms with Gasteiger partial charge in [-0.05, 0) is 6.92 Å². The lowest BCUT2D eigenvalue weighted by Gasteiger charge is -2.29. The van der Waals surface area contributed by atoms with Crippen molar-refractivity contribution in [1.82, 2.24) is 0 Å². The van der Waals surface area contributed by atoms with Gasteiger partial charge in [-0.2, -0.15) is 0 Å². The van der Waals surface area contributed by atoms with Crippen LogP contribution in [-0.4, -0.2) is 48.2 Å². The molecule has 3 N–H and O–H groups in total. The van der Waals surface area contributed by atoms with Gasteiger partial charge in [-0.3, -0.25) is 4.21 Å². The van der Waals surface area contributed by atoms with Crippen LogP contribution in [-0.2, 0) is 15.5 Å². The fourth-order valence-corrected chi connectivity index (χ4v) is 2.93. The van der Waals surface area contributed by atoms with E-state index >= 15 is 0 Å². The van der Waals surface area contributed by atoms with Crippen molar-refractivity contribution in [3.05, 3.63) is 0 Å². The number of fused-ring (bicyclic) bond motifs is 1. The number of hydrogen-bond donors (Lipinski definition) is 3. The molecule has 2 fully saturated rings. The molecule has 0 aromatic carbocycles. The molecule has 0 bridgehead atoms. The Morgan fingerprint density at radius 3 is 2.58 bits per heavy atom. The van der Waals surface area contributed by atoms with Crippen LogP contribution >= 0.6 is 0 Å². The lowest BCUT2D eigenvalue weighted by Crippen LogP contribution is -2.50. The SMILES string of the molecule is C[C@H]1O[C@]2(O)C([C@@H](O)[C@H]1O)S2=O. The molecule has 0 aliphatic carbocycles. The molecule has 5 nitrogen and oxygen atoms in total. The molecule has 2 aliphatic rings. The van der Waals surface area contributed by atoms with Crippen LogP contribution in [0.1, 0.15) is 6.92 Å². The number of rotatable bonds is 0. The Labute approximate surface area is 71.4 Å². The standard InChI is InChI=1S/C6H10O5S/c1-2-3(7)4(8)5-6(9,11-2)12(5)10/h2-5,7-9H,1H3/t2-,3+,4+,5?,6-,12?/m1/s1. The van der Waals surface area contributed by atoms with Crippen molar-refractivity contribution in [2.45, 2.75) is 35.6 Å². The molecule has 2 unspecified atom stereocenters. The molecule has 0 amide bonds. The lowest BCUT2D eigenvalue weighted by molar-refractivity contribution is -0.219. The number of aliphatic hydroxyl groups excluding tert-OH is 2. The van der Waals surface area contributed by atoms with Gasteiger partial charge in [0.2, 0.25) is 0 Å². The van der Waals surface area contributed by atoms with E-state index in [4.69, 9.17) is 4.74 Å². The highest BCUT2D eigenvalue weighted by molar-refractivity contribution is 7.94. The fourth-order valence-electron chi connectivity index (χ4n) is 1.49. The Morgan fingerprint density at radius 2 is 2.00 bits per heavy atom. The summed E-state index contributed by atoms with van der Waals surface area (Å²) in [7, 11) is -1.59. The molecule has 6 heteroatoms. The highest BCUT2D eigenvalue weighted by atomic mass is 32.2. The molecule has 0 aromatic heterocycles. The first kappa shape index (κ1) is 8.58. The summed E-state index contributed by atoms with van der Waals surface area (Å²) in [5, 5.41) is 25.4. The molecule has 2 heterocycles. The van der Waals surface area contributed by atoms with Crippen LogP contribution < -0.4 is 0 Å². The van der Waals surface area contributed by atoms with Gasteiger partial charge in [0.25, 0.3) is 5.12 Å². The van der Waals surface area contributed by atoms with Crippen LogP contribution in [0.5, 0.6) is 0 Å². The topological polar surface area (TPSA) is 87.0 Å². The predicted molar refractivity (Wildman–Crippen MR) is 39.4 cm³/mol. The zero-order valence-electron chi connectivity index (χ0n) is 6.38. The first-order valence-electron chi connectivity index (χ1n) is 3.65. The van der Waals surface area contributed by atoms with Crippen molar-refractivity contribution in [3.8, 4) is 0 Å². The third kappa shape index (κ3) is 0.841.